The summed E-state index contributed by atoms with van der Waals surface area (Å²) >= 11 is 0. The minimum atomic E-state index is -1.60. The van der Waals surface area contributed by atoms with Gasteiger partial charge in [0.2, 0.25) is 0 Å². The molecule has 0 aliphatic carbocycles. The molecule has 0 aromatic heterocycles. The van der Waals surface area contributed by atoms with Crippen molar-refractivity contribution in [2.75, 3.05) is 19.8 Å². The molecule has 0 aromatic rings. The van der Waals surface area contributed by atoms with Gasteiger partial charge in [-0.25, -0.2) is 0 Å². The fraction of sp³-hybridized carbons (Fsp3) is 0.929. The maximum Gasteiger partial charge on any atom is 0.306 e. The van der Waals surface area contributed by atoms with Crippen LogP contribution in [0, 0.1) is 0 Å². The Balaban J connectivity index is 2.21. The summed E-state index contributed by atoms with van der Waals surface area (Å²) in [6.07, 6.45) is 46.7. The molecule has 1 aliphatic rings. The van der Waals surface area contributed by atoms with Crippen LogP contribution in [0.3, 0.4) is 0 Å². The number of hydrogen-bond acceptors (Lipinski definition) is 10. The Morgan fingerprint density at radius 1 is 0.455 bits per heavy atom. The zero-order valence-electron chi connectivity index (χ0n) is 43.0. The van der Waals surface area contributed by atoms with Crippen LogP contribution in [0.5, 0.6) is 0 Å². The van der Waals surface area contributed by atoms with E-state index in [1.807, 2.05) is 0 Å². The van der Waals surface area contributed by atoms with Crippen molar-refractivity contribution in [3.63, 3.8) is 0 Å². The monoisotopic (exact) mass is 939 g/mol. The third-order valence-corrected chi connectivity index (χ3v) is 13.4. The number of hydrogen-bond donors (Lipinski definition) is 4. The van der Waals surface area contributed by atoms with Gasteiger partial charge in [0.25, 0.3) is 0 Å². The summed E-state index contributed by atoms with van der Waals surface area (Å²) < 4.78 is 22.3. The van der Waals surface area contributed by atoms with Crippen molar-refractivity contribution in [3.8, 4) is 0 Å². The SMILES string of the molecule is CCCCCCCCCCCCCCCCCCCC/C=C/CCCC(=O)O[C@H](COC(=O)CCCCCCCCCCCCCCCCCCCC)CO[C@@H]1O[C@H](CO)[C@H](O)C(O)C1O. The lowest BCUT2D eigenvalue weighted by Crippen LogP contribution is -2.59. The molecule has 2 unspecified atom stereocenters. The molecule has 0 bridgehead atoms. The lowest BCUT2D eigenvalue weighted by Gasteiger charge is -2.39. The Morgan fingerprint density at radius 3 is 1.23 bits per heavy atom. The molecule has 0 radical (unpaired) electrons. The highest BCUT2D eigenvalue weighted by atomic mass is 16.7. The van der Waals surface area contributed by atoms with Crippen LogP contribution in [-0.2, 0) is 28.5 Å². The van der Waals surface area contributed by atoms with Gasteiger partial charge in [-0.05, 0) is 32.1 Å². The van der Waals surface area contributed by atoms with E-state index in [4.69, 9.17) is 18.9 Å². The maximum atomic E-state index is 12.8. The van der Waals surface area contributed by atoms with Crippen molar-refractivity contribution in [3.05, 3.63) is 12.2 Å². The molecule has 6 atom stereocenters. The smallest absolute Gasteiger partial charge is 0.306 e. The first-order valence-corrected chi connectivity index (χ1v) is 28.3. The Kier molecular flexibility index (Phi) is 44.6. The molecule has 10 nitrogen and oxygen atoms in total. The van der Waals surface area contributed by atoms with Gasteiger partial charge < -0.3 is 39.4 Å². The third kappa shape index (κ3) is 37.3. The van der Waals surface area contributed by atoms with E-state index in [1.165, 1.54) is 212 Å². The zero-order chi connectivity index (χ0) is 48.0. The summed E-state index contributed by atoms with van der Waals surface area (Å²) in [5.74, 6) is -0.825. The summed E-state index contributed by atoms with van der Waals surface area (Å²) in [5, 5.41) is 40.3. The van der Waals surface area contributed by atoms with E-state index in [0.717, 1.165) is 32.1 Å². The van der Waals surface area contributed by atoms with E-state index in [0.29, 0.717) is 6.42 Å². The highest BCUT2D eigenvalue weighted by Crippen LogP contribution is 2.23. The fourth-order valence-corrected chi connectivity index (χ4v) is 8.96. The van der Waals surface area contributed by atoms with Gasteiger partial charge in [-0.3, -0.25) is 9.59 Å². The topological polar surface area (TPSA) is 152 Å². The highest BCUT2D eigenvalue weighted by molar-refractivity contribution is 5.70. The maximum absolute atomic E-state index is 12.8. The molecule has 1 saturated heterocycles. The first kappa shape index (κ1) is 62.5. The van der Waals surface area contributed by atoms with Crippen LogP contribution < -0.4 is 0 Å². The van der Waals surface area contributed by atoms with E-state index >= 15 is 0 Å². The Hall–Kier alpha value is -1.56. The van der Waals surface area contributed by atoms with Crippen molar-refractivity contribution >= 4 is 11.9 Å². The van der Waals surface area contributed by atoms with Crippen LogP contribution in [-0.4, -0.2) is 89.0 Å². The fourth-order valence-electron chi connectivity index (χ4n) is 8.96. The number of carbonyl (C=O) groups is 2. The molecule has 4 N–H and O–H groups in total. The molecule has 1 aliphatic heterocycles. The van der Waals surface area contributed by atoms with E-state index in [9.17, 15) is 30.0 Å². The number of allylic oxidation sites excluding steroid dienone is 2. The number of aliphatic hydroxyl groups excluding tert-OH is 4. The largest absolute Gasteiger partial charge is 0.462 e. The van der Waals surface area contributed by atoms with Crippen molar-refractivity contribution in [1.82, 2.24) is 0 Å². The van der Waals surface area contributed by atoms with Crippen LogP contribution in [0.4, 0.5) is 0 Å². The zero-order valence-corrected chi connectivity index (χ0v) is 43.0. The molecule has 0 aromatic carbocycles. The molecule has 10 heteroatoms. The second-order valence-electron chi connectivity index (χ2n) is 19.7. The van der Waals surface area contributed by atoms with Crippen LogP contribution >= 0.6 is 0 Å². The molecule has 0 amide bonds. The minimum absolute atomic E-state index is 0.188. The van der Waals surface area contributed by atoms with Gasteiger partial charge in [0.15, 0.2) is 12.4 Å². The molecule has 1 heterocycles. The summed E-state index contributed by atoms with van der Waals surface area (Å²) in [4.78, 5) is 25.5. The van der Waals surface area contributed by atoms with Gasteiger partial charge in [-0.15, -0.1) is 0 Å². The molecule has 390 valence electrons. The normalized spacial score (nSPS) is 19.2. The molecular weight excluding hydrogens is 833 g/mol. The summed E-state index contributed by atoms with van der Waals surface area (Å²) in [5.41, 5.74) is 0. The van der Waals surface area contributed by atoms with Gasteiger partial charge in [0.1, 0.15) is 31.0 Å². The lowest BCUT2D eigenvalue weighted by atomic mass is 9.99. The van der Waals surface area contributed by atoms with Crippen LogP contribution in [0.1, 0.15) is 277 Å². The number of ether oxygens (including phenoxy) is 4. The predicted molar refractivity (Wildman–Crippen MR) is 270 cm³/mol. The van der Waals surface area contributed by atoms with Crippen LogP contribution in [0.25, 0.3) is 0 Å². The first-order chi connectivity index (χ1) is 32.3. The third-order valence-electron chi connectivity index (χ3n) is 13.4. The van der Waals surface area contributed by atoms with E-state index < -0.39 is 49.4 Å². The van der Waals surface area contributed by atoms with Gasteiger partial charge in [0, 0.05) is 12.8 Å². The number of unbranched alkanes of at least 4 members (excludes halogenated alkanes) is 36. The van der Waals surface area contributed by atoms with Gasteiger partial charge >= 0.3 is 11.9 Å². The molecule has 0 spiro atoms. The molecule has 1 fully saturated rings. The standard InChI is InChI=1S/C56H106O10/c1-3-5-7-9-11-13-15-17-19-21-23-24-25-26-27-29-31-33-35-37-39-41-43-45-52(59)65-49(48-64-56-55(62)54(61)53(60)50(46-57)66-56)47-63-51(58)44-42-40-38-36-34-32-30-28-22-20-18-16-14-12-10-8-6-4-2/h37,39,49-50,53-57,60-62H,3-36,38,40-48H2,1-2H3/b39-37+/t49-,50-,53+,54?,55?,56-/m1/s1. The summed E-state index contributed by atoms with van der Waals surface area (Å²) in [6, 6.07) is 0. The number of rotatable bonds is 49. The summed E-state index contributed by atoms with van der Waals surface area (Å²) in [6.45, 7) is 3.46. The van der Waals surface area contributed by atoms with Gasteiger partial charge in [0.05, 0.1) is 13.2 Å². The quantitative estimate of drug-likeness (QED) is 0.0263. The van der Waals surface area contributed by atoms with E-state index in [1.54, 1.807) is 0 Å². The number of esters is 2. The van der Waals surface area contributed by atoms with E-state index in [2.05, 4.69) is 26.0 Å². The predicted octanol–water partition coefficient (Wildman–Crippen LogP) is 13.8. The van der Waals surface area contributed by atoms with E-state index in [-0.39, 0.29) is 32.0 Å². The highest BCUT2D eigenvalue weighted by Gasteiger charge is 2.44. The van der Waals surface area contributed by atoms with Crippen molar-refractivity contribution < 1.29 is 49.0 Å². The molecule has 1 rings (SSSR count). The molecular formula is C56H106O10. The molecule has 66 heavy (non-hydrogen) atoms. The Morgan fingerprint density at radius 2 is 0.818 bits per heavy atom. The summed E-state index contributed by atoms with van der Waals surface area (Å²) in [7, 11) is 0. The average Bonchev–Trinajstić information content (AvgIpc) is 3.32. The number of carbonyl (C=O) groups excluding carboxylic acids is 2. The average molecular weight is 939 g/mol. The van der Waals surface area contributed by atoms with Crippen LogP contribution in [0.2, 0.25) is 0 Å². The second kappa shape index (κ2) is 47.1. The van der Waals surface area contributed by atoms with Crippen LogP contribution in [0.15, 0.2) is 12.2 Å². The first-order valence-electron chi connectivity index (χ1n) is 28.3. The van der Waals surface area contributed by atoms with Crippen molar-refractivity contribution in [1.29, 1.82) is 0 Å². The second-order valence-corrected chi connectivity index (χ2v) is 19.7. The van der Waals surface area contributed by atoms with Gasteiger partial charge in [-0.2, -0.15) is 0 Å². The molecule has 0 saturated carbocycles. The lowest BCUT2D eigenvalue weighted by molar-refractivity contribution is -0.305. The minimum Gasteiger partial charge on any atom is -0.462 e. The Bertz CT molecular complexity index is 1080. The van der Waals surface area contributed by atoms with Crippen molar-refractivity contribution in [2.24, 2.45) is 0 Å². The van der Waals surface area contributed by atoms with Gasteiger partial charge in [-0.1, -0.05) is 244 Å². The number of aliphatic hydroxyl groups is 4. The van der Waals surface area contributed by atoms with Crippen molar-refractivity contribution in [2.45, 2.75) is 314 Å². The Labute approximate surface area is 405 Å².